The third kappa shape index (κ3) is 4.34. The van der Waals surface area contributed by atoms with Crippen LogP contribution in [-0.4, -0.2) is 31.0 Å². The highest BCUT2D eigenvalue weighted by molar-refractivity contribution is 7.99. The smallest absolute Gasteiger partial charge is 0.234 e. The van der Waals surface area contributed by atoms with Crippen molar-refractivity contribution in [2.75, 3.05) is 11.1 Å². The fraction of sp³-hybridized carbons (Fsp3) is 0.240. The van der Waals surface area contributed by atoms with Crippen molar-refractivity contribution < 1.29 is 4.79 Å². The third-order valence-electron chi connectivity index (χ3n) is 5.61. The van der Waals surface area contributed by atoms with Crippen molar-refractivity contribution in [1.82, 2.24) is 19.3 Å². The number of amides is 1. The van der Waals surface area contributed by atoms with E-state index in [0.29, 0.717) is 0 Å². The number of carbonyl (C=O) groups excluding carboxylic acids is 1. The summed E-state index contributed by atoms with van der Waals surface area (Å²) in [7, 11) is 0. The topological polar surface area (TPSA) is 64.7 Å². The second-order valence-electron chi connectivity index (χ2n) is 7.93. The number of rotatable bonds is 6. The Bertz CT molecular complexity index is 1270. The van der Waals surface area contributed by atoms with Gasteiger partial charge in [-0.15, -0.1) is 0 Å². The van der Waals surface area contributed by atoms with Gasteiger partial charge < -0.3 is 5.32 Å². The first-order chi connectivity index (χ1) is 15.3. The minimum Gasteiger partial charge on any atom is -0.322 e. The first-order valence-electron chi connectivity index (χ1n) is 10.5. The number of thioether (sulfide) groups is 1. The third-order valence-corrected chi connectivity index (χ3v) is 6.58. The zero-order valence-electron chi connectivity index (χ0n) is 19.0. The van der Waals surface area contributed by atoms with Gasteiger partial charge in [0.25, 0.3) is 0 Å². The van der Waals surface area contributed by atoms with Gasteiger partial charge in [0.2, 0.25) is 5.91 Å². The lowest BCUT2D eigenvalue weighted by Crippen LogP contribution is -2.15. The molecule has 0 spiro atoms. The van der Waals surface area contributed by atoms with Crippen LogP contribution < -0.4 is 5.32 Å². The van der Waals surface area contributed by atoms with Crippen LogP contribution in [0.5, 0.6) is 0 Å². The molecule has 0 radical (unpaired) electrons. The molecular weight excluding hydrogens is 418 g/mol. The molecule has 0 saturated heterocycles. The number of aromatic nitrogens is 4. The van der Waals surface area contributed by atoms with Crippen LogP contribution in [0.1, 0.15) is 28.1 Å². The molecule has 164 valence electrons. The molecule has 32 heavy (non-hydrogen) atoms. The Morgan fingerprint density at radius 3 is 2.53 bits per heavy atom. The Hall–Kier alpha value is -3.32. The minimum atomic E-state index is -0.0832. The van der Waals surface area contributed by atoms with E-state index in [4.69, 9.17) is 0 Å². The maximum absolute atomic E-state index is 12.8. The van der Waals surface area contributed by atoms with E-state index in [2.05, 4.69) is 60.4 Å². The van der Waals surface area contributed by atoms with Crippen LogP contribution in [0.3, 0.4) is 0 Å². The minimum absolute atomic E-state index is 0.0832. The maximum Gasteiger partial charge on any atom is 0.234 e. The van der Waals surface area contributed by atoms with Gasteiger partial charge in [0.1, 0.15) is 0 Å². The van der Waals surface area contributed by atoms with E-state index in [-0.39, 0.29) is 11.7 Å². The molecule has 1 amide bonds. The van der Waals surface area contributed by atoms with Gasteiger partial charge >= 0.3 is 0 Å². The van der Waals surface area contributed by atoms with E-state index in [9.17, 15) is 4.79 Å². The van der Waals surface area contributed by atoms with Gasteiger partial charge in [-0.1, -0.05) is 41.6 Å². The first kappa shape index (κ1) is 21.9. The summed E-state index contributed by atoms with van der Waals surface area (Å²) in [6, 6.07) is 14.4. The summed E-state index contributed by atoms with van der Waals surface area (Å²) >= 11 is 1.42. The fourth-order valence-electron chi connectivity index (χ4n) is 3.64. The Morgan fingerprint density at radius 2 is 1.78 bits per heavy atom. The number of anilines is 1. The van der Waals surface area contributed by atoms with Crippen LogP contribution in [0.4, 0.5) is 5.69 Å². The summed E-state index contributed by atoms with van der Waals surface area (Å²) in [5.41, 5.74) is 8.13. The summed E-state index contributed by atoms with van der Waals surface area (Å²) in [4.78, 5) is 17.2. The van der Waals surface area contributed by atoms with Crippen LogP contribution in [-0.2, 0) is 4.79 Å². The van der Waals surface area contributed by atoms with Crippen LogP contribution in [0, 0.1) is 34.6 Å². The normalized spacial score (nSPS) is 11.0. The van der Waals surface area contributed by atoms with Crippen LogP contribution in [0.25, 0.3) is 11.4 Å². The summed E-state index contributed by atoms with van der Waals surface area (Å²) in [5, 5.41) is 8.46. The molecule has 0 unspecified atom stereocenters. The van der Waals surface area contributed by atoms with E-state index in [1.807, 2.05) is 47.5 Å². The van der Waals surface area contributed by atoms with Gasteiger partial charge in [-0.25, -0.2) is 9.67 Å². The van der Waals surface area contributed by atoms with Crippen molar-refractivity contribution in [3.05, 3.63) is 82.9 Å². The Labute approximate surface area is 192 Å². The van der Waals surface area contributed by atoms with Gasteiger partial charge in [0, 0.05) is 12.4 Å². The molecule has 0 aliphatic carbocycles. The predicted molar refractivity (Wildman–Crippen MR) is 130 cm³/mol. The number of aryl methyl sites for hydroxylation is 3. The lowest BCUT2D eigenvalue weighted by Gasteiger charge is -2.12. The molecule has 0 fully saturated rings. The molecule has 6 nitrogen and oxygen atoms in total. The van der Waals surface area contributed by atoms with Crippen LogP contribution in [0.2, 0.25) is 0 Å². The first-order valence-corrected chi connectivity index (χ1v) is 11.5. The lowest BCUT2D eigenvalue weighted by molar-refractivity contribution is -0.113. The summed E-state index contributed by atoms with van der Waals surface area (Å²) in [5.74, 6) is 0.177. The highest BCUT2D eigenvalue weighted by atomic mass is 32.2. The fourth-order valence-corrected chi connectivity index (χ4v) is 4.41. The van der Waals surface area contributed by atoms with Crippen molar-refractivity contribution in [2.45, 2.75) is 39.8 Å². The number of hydrogen-bond acceptors (Lipinski definition) is 4. The number of imidazole rings is 1. The number of nitrogens with one attached hydrogen (secondary N) is 1. The van der Waals surface area contributed by atoms with Gasteiger partial charge in [0.15, 0.2) is 5.16 Å². The van der Waals surface area contributed by atoms with Crippen molar-refractivity contribution in [3.8, 4) is 11.4 Å². The largest absolute Gasteiger partial charge is 0.322 e. The number of carbonyl (C=O) groups is 1. The number of benzene rings is 2. The molecule has 0 saturated carbocycles. The Balaban J connectivity index is 1.48. The molecule has 4 rings (SSSR count). The molecule has 7 heteroatoms. The molecular formula is C25H27N5OS. The molecule has 0 atom stereocenters. The number of hydrogen-bond donors (Lipinski definition) is 1. The van der Waals surface area contributed by atoms with Gasteiger partial charge in [-0.3, -0.25) is 9.36 Å². The Morgan fingerprint density at radius 1 is 1.03 bits per heavy atom. The van der Waals surface area contributed by atoms with E-state index in [1.54, 1.807) is 6.20 Å². The molecule has 2 aromatic heterocycles. The maximum atomic E-state index is 12.8. The van der Waals surface area contributed by atoms with Gasteiger partial charge in [-0.2, -0.15) is 5.10 Å². The van der Waals surface area contributed by atoms with E-state index in [1.165, 1.54) is 28.5 Å². The standard InChI is InChI=1S/C25H27N5OS/c1-16-9-11-21(12-10-16)30-20(5)24(19(4)28-30)27-23(31)15-32-25-26-13-14-29(25)22-8-6-7-17(2)18(22)3/h6-14H,15H2,1-5H3,(H,27,31). The molecule has 1 N–H and O–H groups in total. The molecule has 0 aliphatic rings. The zero-order chi connectivity index (χ0) is 22.8. The highest BCUT2D eigenvalue weighted by Crippen LogP contribution is 2.26. The predicted octanol–water partition coefficient (Wildman–Crippen LogP) is 5.33. The summed E-state index contributed by atoms with van der Waals surface area (Å²) in [6.45, 7) is 10.1. The molecule has 2 aromatic carbocycles. The second kappa shape index (κ2) is 9.04. The summed E-state index contributed by atoms with van der Waals surface area (Å²) < 4.78 is 3.90. The van der Waals surface area contributed by atoms with Gasteiger partial charge in [0.05, 0.1) is 34.2 Å². The van der Waals surface area contributed by atoms with Crippen molar-refractivity contribution >= 4 is 23.4 Å². The highest BCUT2D eigenvalue weighted by Gasteiger charge is 2.17. The van der Waals surface area contributed by atoms with Crippen LogP contribution >= 0.6 is 11.8 Å². The molecule has 0 aliphatic heterocycles. The van der Waals surface area contributed by atoms with Crippen molar-refractivity contribution in [3.63, 3.8) is 0 Å². The van der Waals surface area contributed by atoms with E-state index < -0.39 is 0 Å². The van der Waals surface area contributed by atoms with Crippen molar-refractivity contribution in [2.24, 2.45) is 0 Å². The zero-order valence-corrected chi connectivity index (χ0v) is 19.8. The summed E-state index contributed by atoms with van der Waals surface area (Å²) in [6.07, 6.45) is 3.70. The average molecular weight is 446 g/mol. The Kier molecular flexibility index (Phi) is 6.19. The molecule has 4 aromatic rings. The quantitative estimate of drug-likeness (QED) is 0.407. The van der Waals surface area contributed by atoms with Crippen molar-refractivity contribution in [1.29, 1.82) is 0 Å². The monoisotopic (exact) mass is 445 g/mol. The van der Waals surface area contributed by atoms with E-state index >= 15 is 0 Å². The van der Waals surface area contributed by atoms with E-state index in [0.717, 1.165) is 33.6 Å². The molecule has 2 heterocycles. The number of nitrogens with zero attached hydrogens (tertiary/aromatic N) is 4. The average Bonchev–Trinajstić information content (AvgIpc) is 3.35. The van der Waals surface area contributed by atoms with Crippen LogP contribution in [0.15, 0.2) is 60.0 Å². The van der Waals surface area contributed by atoms with Gasteiger partial charge in [-0.05, 0) is 63.9 Å². The lowest BCUT2D eigenvalue weighted by atomic mass is 10.1. The SMILES string of the molecule is Cc1ccc(-n2nc(C)c(NC(=O)CSc3nccn3-c3cccc(C)c3C)c2C)cc1. The second-order valence-corrected chi connectivity index (χ2v) is 8.87. The molecule has 0 bridgehead atoms.